The summed E-state index contributed by atoms with van der Waals surface area (Å²) >= 11 is 0. The fraction of sp³-hybridized carbons (Fsp3) is 0.926. The van der Waals surface area contributed by atoms with Gasteiger partial charge in [-0.15, -0.1) is 0 Å². The monoisotopic (exact) mass is 410 g/mol. The zero-order valence-corrected chi connectivity index (χ0v) is 22.3. The predicted octanol–water partition coefficient (Wildman–Crippen LogP) is 5.28. The van der Waals surface area contributed by atoms with Gasteiger partial charge in [-0.05, 0) is 103 Å². The van der Waals surface area contributed by atoms with Gasteiger partial charge in [0.05, 0.1) is 5.76 Å². The van der Waals surface area contributed by atoms with Crippen molar-refractivity contribution in [2.75, 3.05) is 0 Å². The Morgan fingerprint density at radius 1 is 1.00 bits per heavy atom. The van der Waals surface area contributed by atoms with Crippen LogP contribution in [0.1, 0.15) is 107 Å². The molecule has 2 heteroatoms. The molecule has 4 aliphatic carbocycles. The molecule has 0 aromatic carbocycles. The van der Waals surface area contributed by atoms with Gasteiger partial charge < -0.3 is 6.53 Å². The van der Waals surface area contributed by atoms with Crippen LogP contribution in [0.2, 0.25) is 0 Å². The Morgan fingerprint density at radius 3 is 2.45 bits per heavy atom. The van der Waals surface area contributed by atoms with Gasteiger partial charge in [0.25, 0.3) is 0 Å². The van der Waals surface area contributed by atoms with E-state index in [1.54, 1.807) is 0 Å². The van der Waals surface area contributed by atoms with Gasteiger partial charge in [-0.3, -0.25) is 0 Å². The van der Waals surface area contributed by atoms with Gasteiger partial charge >= 0.3 is 29.6 Å². The van der Waals surface area contributed by atoms with Crippen LogP contribution in [0.5, 0.6) is 0 Å². The second-order valence-corrected chi connectivity index (χ2v) is 12.3. The van der Waals surface area contributed by atoms with Gasteiger partial charge in [0.2, 0.25) is 0 Å². The van der Waals surface area contributed by atoms with Crippen molar-refractivity contribution < 1.29 is 36.1 Å². The molecular weight excluding hydrogens is 363 g/mol. The van der Waals surface area contributed by atoms with E-state index < -0.39 is 0 Å². The summed E-state index contributed by atoms with van der Waals surface area (Å²) in [5, 5.41) is 10.1. The predicted molar refractivity (Wildman–Crippen MR) is 120 cm³/mol. The Balaban J connectivity index is 0.00000160. The molecule has 0 amide bonds. The van der Waals surface area contributed by atoms with E-state index in [0.717, 1.165) is 54.3 Å². The first-order valence-corrected chi connectivity index (χ1v) is 12.6. The third-order valence-corrected chi connectivity index (χ3v) is 10.5. The SMILES string of the molecule is CC(C)CCC[C@@H](C)[C@H]1CCC2[C@H]3CCC4CC(O)=CC[C@]4(C)[C@@H]3CC[C@@]21C.[H-].[Na+]. The minimum Gasteiger partial charge on any atom is -1.00 e. The van der Waals surface area contributed by atoms with Crippen molar-refractivity contribution >= 4 is 0 Å². The molecule has 0 aliphatic heterocycles. The number of allylic oxidation sites excluding steroid dienone is 2. The van der Waals surface area contributed by atoms with E-state index in [0.29, 0.717) is 16.6 Å². The molecule has 8 atom stereocenters. The van der Waals surface area contributed by atoms with Gasteiger partial charge in [-0.2, -0.15) is 0 Å². The zero-order valence-electron chi connectivity index (χ0n) is 21.3. The molecule has 0 aromatic rings. The summed E-state index contributed by atoms with van der Waals surface area (Å²) in [5.74, 6) is 6.98. The number of hydrogen-bond donors (Lipinski definition) is 1. The molecule has 0 bridgehead atoms. The average Bonchev–Trinajstić information content (AvgIpc) is 2.99. The summed E-state index contributed by atoms with van der Waals surface area (Å²) in [5.41, 5.74) is 1.06. The Kier molecular flexibility index (Phi) is 7.66. The zero-order chi connectivity index (χ0) is 20.1. The quantitative estimate of drug-likeness (QED) is 0.612. The molecule has 0 saturated heterocycles. The van der Waals surface area contributed by atoms with Crippen LogP contribution in [0.25, 0.3) is 0 Å². The molecule has 1 nitrogen and oxygen atoms in total. The average molecular weight is 411 g/mol. The summed E-state index contributed by atoms with van der Waals surface area (Å²) < 4.78 is 0. The maximum atomic E-state index is 10.1. The first kappa shape index (κ1) is 24.2. The molecule has 3 fully saturated rings. The Hall–Kier alpha value is 0.540. The van der Waals surface area contributed by atoms with Crippen LogP contribution in [0.4, 0.5) is 0 Å². The van der Waals surface area contributed by atoms with Crippen molar-refractivity contribution in [3.05, 3.63) is 11.8 Å². The maximum absolute atomic E-state index is 10.1. The van der Waals surface area contributed by atoms with Crippen LogP contribution in [-0.2, 0) is 0 Å². The molecule has 4 rings (SSSR count). The van der Waals surface area contributed by atoms with Gasteiger partial charge in [0.15, 0.2) is 0 Å². The molecule has 3 saturated carbocycles. The fourth-order valence-corrected chi connectivity index (χ4v) is 8.89. The van der Waals surface area contributed by atoms with Crippen molar-refractivity contribution in [1.82, 2.24) is 0 Å². The second-order valence-electron chi connectivity index (χ2n) is 12.3. The topological polar surface area (TPSA) is 20.2 Å². The van der Waals surface area contributed by atoms with Crippen molar-refractivity contribution in [1.29, 1.82) is 0 Å². The van der Waals surface area contributed by atoms with Crippen molar-refractivity contribution in [2.45, 2.75) is 105 Å². The number of aliphatic hydroxyl groups excluding tert-OH is 1. The third-order valence-electron chi connectivity index (χ3n) is 10.5. The molecule has 1 N–H and O–H groups in total. The molecule has 0 aromatic heterocycles. The first-order valence-electron chi connectivity index (χ1n) is 12.6. The number of rotatable bonds is 5. The van der Waals surface area contributed by atoms with Gasteiger partial charge in [-0.1, -0.05) is 53.9 Å². The van der Waals surface area contributed by atoms with Crippen LogP contribution in [0, 0.1) is 52.3 Å². The minimum atomic E-state index is 0. The van der Waals surface area contributed by atoms with E-state index in [1.807, 2.05) is 0 Å². The number of aliphatic hydroxyl groups is 1. The minimum absolute atomic E-state index is 0. The van der Waals surface area contributed by atoms with E-state index in [1.165, 1.54) is 57.8 Å². The van der Waals surface area contributed by atoms with E-state index in [4.69, 9.17) is 0 Å². The molecule has 0 heterocycles. The standard InChI is InChI=1S/C27H46O.Na.H/c1-18(2)7-6-8-19(3)23-11-12-24-22-10-9-20-17-21(28)13-15-26(20,4)25(22)14-16-27(23,24)5;;/h13,18-20,22-25,28H,6-12,14-17H2,1-5H3;;/q;+1;-1/t19-,20?,22-,23-,24?,25-,26+,27-;;/m1../s1. The molecule has 0 spiro atoms. The number of fused-ring (bicyclic) bond motifs is 5. The van der Waals surface area contributed by atoms with Crippen LogP contribution < -0.4 is 29.6 Å². The van der Waals surface area contributed by atoms with Gasteiger partial charge in [0.1, 0.15) is 0 Å². The van der Waals surface area contributed by atoms with Crippen LogP contribution in [0.3, 0.4) is 0 Å². The van der Waals surface area contributed by atoms with Crippen LogP contribution in [0.15, 0.2) is 11.8 Å². The largest absolute Gasteiger partial charge is 1.00 e. The molecule has 162 valence electrons. The molecule has 4 aliphatic rings. The Morgan fingerprint density at radius 2 is 1.72 bits per heavy atom. The molecule has 0 radical (unpaired) electrons. The summed E-state index contributed by atoms with van der Waals surface area (Å²) in [6.07, 6.45) is 17.2. The Labute approximate surface area is 204 Å². The maximum Gasteiger partial charge on any atom is 1.00 e. The van der Waals surface area contributed by atoms with E-state index >= 15 is 0 Å². The fourth-order valence-electron chi connectivity index (χ4n) is 8.89. The number of hydrogen-bond acceptors (Lipinski definition) is 1. The second kappa shape index (κ2) is 9.19. The van der Waals surface area contributed by atoms with Crippen LogP contribution >= 0.6 is 0 Å². The molecule has 29 heavy (non-hydrogen) atoms. The summed E-state index contributed by atoms with van der Waals surface area (Å²) in [6.45, 7) is 12.6. The van der Waals surface area contributed by atoms with Crippen molar-refractivity contribution in [2.24, 2.45) is 52.3 Å². The molecular formula is C27H47NaO. The normalized spacial score (nSPS) is 44.9. The van der Waals surface area contributed by atoms with Crippen molar-refractivity contribution in [3.8, 4) is 0 Å². The summed E-state index contributed by atoms with van der Waals surface area (Å²) in [4.78, 5) is 0. The first-order chi connectivity index (χ1) is 13.3. The smallest absolute Gasteiger partial charge is 1.00 e. The van der Waals surface area contributed by atoms with Crippen molar-refractivity contribution in [3.63, 3.8) is 0 Å². The van der Waals surface area contributed by atoms with E-state index in [9.17, 15) is 5.11 Å². The van der Waals surface area contributed by atoms with Gasteiger partial charge in [0, 0.05) is 6.42 Å². The van der Waals surface area contributed by atoms with Crippen LogP contribution in [-0.4, -0.2) is 5.11 Å². The third kappa shape index (κ3) is 4.28. The van der Waals surface area contributed by atoms with E-state index in [2.05, 4.69) is 40.7 Å². The van der Waals surface area contributed by atoms with Gasteiger partial charge in [-0.25, -0.2) is 0 Å². The molecule has 2 unspecified atom stereocenters. The summed E-state index contributed by atoms with van der Waals surface area (Å²) in [6, 6.07) is 0. The summed E-state index contributed by atoms with van der Waals surface area (Å²) in [7, 11) is 0. The Bertz CT molecular complexity index is 604. The van der Waals surface area contributed by atoms with E-state index in [-0.39, 0.29) is 31.0 Å².